The van der Waals surface area contributed by atoms with Crippen molar-refractivity contribution < 1.29 is 14.3 Å². The maximum Gasteiger partial charge on any atom is 0.407 e. The highest BCUT2D eigenvalue weighted by Crippen LogP contribution is 2.28. The first-order valence-electron chi connectivity index (χ1n) is 13.4. The number of amides is 2. The molecule has 0 aliphatic rings. The summed E-state index contributed by atoms with van der Waals surface area (Å²) in [4.78, 5) is 24.3. The lowest BCUT2D eigenvalue weighted by Gasteiger charge is -2.19. The Bertz CT molecular complexity index is 1360. The van der Waals surface area contributed by atoms with Crippen molar-refractivity contribution in [3.8, 4) is 28.2 Å². The standard InChI is InChI=1S/C32H36N4O3/c1-32(2,3)39-31(38)34-22-12-6-11-21-33-30(37)26-17-19-27(20-18-26)36-29(25-15-9-5-10-16-25)23-28(35-36)24-13-7-4-8-14-24/h4-5,7-10,13-20,23H,6,11-12,21-22H2,1-3H3,(H,33,37)(H,34,38). The third-order valence-electron chi connectivity index (χ3n) is 6.03. The molecule has 0 fully saturated rings. The van der Waals surface area contributed by atoms with E-state index in [4.69, 9.17) is 9.84 Å². The summed E-state index contributed by atoms with van der Waals surface area (Å²) in [6.45, 7) is 6.64. The number of carbonyl (C=O) groups is 2. The summed E-state index contributed by atoms with van der Waals surface area (Å²) < 4.78 is 7.14. The van der Waals surface area contributed by atoms with Crippen LogP contribution in [0.2, 0.25) is 0 Å². The molecule has 0 spiro atoms. The lowest BCUT2D eigenvalue weighted by Crippen LogP contribution is -2.33. The molecule has 3 aromatic carbocycles. The van der Waals surface area contributed by atoms with Crippen LogP contribution in [-0.2, 0) is 4.74 Å². The van der Waals surface area contributed by atoms with E-state index in [1.165, 1.54) is 0 Å². The SMILES string of the molecule is CC(C)(C)OC(=O)NCCCCCNC(=O)c1ccc(-n2nc(-c3ccccc3)cc2-c2ccccc2)cc1. The van der Waals surface area contributed by atoms with E-state index in [2.05, 4.69) is 28.8 Å². The Morgan fingerprint density at radius 3 is 1.97 bits per heavy atom. The number of ether oxygens (including phenoxy) is 1. The zero-order valence-corrected chi connectivity index (χ0v) is 22.8. The molecule has 39 heavy (non-hydrogen) atoms. The van der Waals surface area contributed by atoms with E-state index in [-0.39, 0.29) is 5.91 Å². The molecule has 1 heterocycles. The molecule has 0 aliphatic heterocycles. The zero-order chi connectivity index (χ0) is 27.7. The fraction of sp³-hybridized carbons (Fsp3) is 0.281. The molecule has 4 aromatic rings. The Kier molecular flexibility index (Phi) is 9.15. The summed E-state index contributed by atoms with van der Waals surface area (Å²) in [6.07, 6.45) is 2.14. The summed E-state index contributed by atoms with van der Waals surface area (Å²) in [5.74, 6) is -0.109. The Morgan fingerprint density at radius 2 is 1.36 bits per heavy atom. The second kappa shape index (κ2) is 12.9. The van der Waals surface area contributed by atoms with Crippen molar-refractivity contribution in [2.75, 3.05) is 13.1 Å². The lowest BCUT2D eigenvalue weighted by molar-refractivity contribution is 0.0527. The van der Waals surface area contributed by atoms with Gasteiger partial charge in [0.05, 0.1) is 17.1 Å². The number of alkyl carbamates (subject to hydrolysis) is 1. The number of hydrogen-bond acceptors (Lipinski definition) is 4. The van der Waals surface area contributed by atoms with Gasteiger partial charge in [0.25, 0.3) is 5.91 Å². The summed E-state index contributed by atoms with van der Waals surface area (Å²) >= 11 is 0. The smallest absolute Gasteiger partial charge is 0.407 e. The van der Waals surface area contributed by atoms with Gasteiger partial charge in [-0.25, -0.2) is 9.48 Å². The first-order valence-corrected chi connectivity index (χ1v) is 13.4. The molecule has 0 atom stereocenters. The van der Waals surface area contributed by atoms with E-state index in [9.17, 15) is 9.59 Å². The Morgan fingerprint density at radius 1 is 0.769 bits per heavy atom. The van der Waals surface area contributed by atoms with E-state index < -0.39 is 11.7 Å². The molecule has 1 aromatic heterocycles. The topological polar surface area (TPSA) is 85.3 Å². The molecule has 0 saturated carbocycles. The van der Waals surface area contributed by atoms with Crippen molar-refractivity contribution in [3.63, 3.8) is 0 Å². The van der Waals surface area contributed by atoms with E-state index in [0.29, 0.717) is 18.7 Å². The molecule has 0 radical (unpaired) electrons. The van der Waals surface area contributed by atoms with Gasteiger partial charge in [-0.2, -0.15) is 5.10 Å². The maximum atomic E-state index is 12.7. The lowest BCUT2D eigenvalue weighted by atomic mass is 10.1. The Balaban J connectivity index is 1.33. The Hall–Kier alpha value is -4.39. The molecule has 202 valence electrons. The molecule has 0 aliphatic carbocycles. The predicted octanol–water partition coefficient (Wildman–Crippen LogP) is 6.63. The second-order valence-electron chi connectivity index (χ2n) is 10.4. The minimum absolute atomic E-state index is 0.109. The summed E-state index contributed by atoms with van der Waals surface area (Å²) in [6, 6.07) is 29.8. The van der Waals surface area contributed by atoms with Crippen molar-refractivity contribution in [2.45, 2.75) is 45.6 Å². The van der Waals surface area contributed by atoms with Gasteiger partial charge in [-0.15, -0.1) is 0 Å². The van der Waals surface area contributed by atoms with E-state index in [1.807, 2.05) is 98.2 Å². The van der Waals surface area contributed by atoms with Crippen LogP contribution in [0.5, 0.6) is 0 Å². The van der Waals surface area contributed by atoms with Crippen molar-refractivity contribution >= 4 is 12.0 Å². The largest absolute Gasteiger partial charge is 0.444 e. The third-order valence-corrected chi connectivity index (χ3v) is 6.03. The number of benzene rings is 3. The van der Waals surface area contributed by atoms with Crippen LogP contribution in [0.15, 0.2) is 91.0 Å². The van der Waals surface area contributed by atoms with Crippen molar-refractivity contribution in [3.05, 3.63) is 96.6 Å². The van der Waals surface area contributed by atoms with Crippen molar-refractivity contribution in [2.24, 2.45) is 0 Å². The minimum Gasteiger partial charge on any atom is -0.444 e. The van der Waals surface area contributed by atoms with Crippen LogP contribution in [-0.4, -0.2) is 40.5 Å². The number of aromatic nitrogens is 2. The number of unbranched alkanes of at least 4 members (excludes halogenated alkanes) is 2. The van der Waals surface area contributed by atoms with Crippen LogP contribution < -0.4 is 10.6 Å². The number of rotatable bonds is 10. The molecular weight excluding hydrogens is 488 g/mol. The zero-order valence-electron chi connectivity index (χ0n) is 22.8. The molecule has 0 saturated heterocycles. The van der Waals surface area contributed by atoms with Gasteiger partial charge in [-0.3, -0.25) is 4.79 Å². The van der Waals surface area contributed by atoms with Gasteiger partial charge < -0.3 is 15.4 Å². The fourth-order valence-corrected chi connectivity index (χ4v) is 4.13. The molecular formula is C32H36N4O3. The van der Waals surface area contributed by atoms with Gasteiger partial charge in [0, 0.05) is 29.8 Å². The average molecular weight is 525 g/mol. The summed E-state index contributed by atoms with van der Waals surface area (Å²) in [5.41, 5.74) is 4.96. The maximum absolute atomic E-state index is 12.7. The van der Waals surface area contributed by atoms with Crippen LogP contribution in [0.25, 0.3) is 28.2 Å². The quantitative estimate of drug-likeness (QED) is 0.228. The highest BCUT2D eigenvalue weighted by molar-refractivity contribution is 5.94. The predicted molar refractivity (Wildman–Crippen MR) is 155 cm³/mol. The van der Waals surface area contributed by atoms with Gasteiger partial charge in [0.15, 0.2) is 0 Å². The van der Waals surface area contributed by atoms with Crippen LogP contribution in [0.3, 0.4) is 0 Å². The van der Waals surface area contributed by atoms with Crippen molar-refractivity contribution in [1.29, 1.82) is 0 Å². The van der Waals surface area contributed by atoms with E-state index in [1.54, 1.807) is 0 Å². The monoisotopic (exact) mass is 524 g/mol. The van der Waals surface area contributed by atoms with Crippen molar-refractivity contribution in [1.82, 2.24) is 20.4 Å². The molecule has 7 nitrogen and oxygen atoms in total. The van der Waals surface area contributed by atoms with Gasteiger partial charge in [0.1, 0.15) is 5.60 Å². The van der Waals surface area contributed by atoms with Gasteiger partial charge in [0.2, 0.25) is 0 Å². The first kappa shape index (κ1) is 27.6. The molecule has 2 amide bonds. The number of carbonyl (C=O) groups excluding carboxylic acids is 2. The third kappa shape index (κ3) is 8.04. The molecule has 0 bridgehead atoms. The normalized spacial score (nSPS) is 11.2. The van der Waals surface area contributed by atoms with E-state index in [0.717, 1.165) is 47.5 Å². The summed E-state index contributed by atoms with van der Waals surface area (Å²) in [7, 11) is 0. The average Bonchev–Trinajstić information content (AvgIpc) is 3.38. The van der Waals surface area contributed by atoms with Crippen LogP contribution in [0, 0.1) is 0 Å². The molecule has 7 heteroatoms. The number of hydrogen-bond donors (Lipinski definition) is 2. The summed E-state index contributed by atoms with van der Waals surface area (Å²) in [5, 5.41) is 10.6. The van der Waals surface area contributed by atoms with Crippen LogP contribution >= 0.6 is 0 Å². The minimum atomic E-state index is -0.500. The number of nitrogens with one attached hydrogen (secondary N) is 2. The number of nitrogens with zero attached hydrogens (tertiary/aromatic N) is 2. The van der Waals surface area contributed by atoms with Gasteiger partial charge in [-0.1, -0.05) is 60.7 Å². The van der Waals surface area contributed by atoms with Gasteiger partial charge in [-0.05, 0) is 70.4 Å². The second-order valence-corrected chi connectivity index (χ2v) is 10.4. The van der Waals surface area contributed by atoms with Crippen LogP contribution in [0.1, 0.15) is 50.4 Å². The highest BCUT2D eigenvalue weighted by atomic mass is 16.6. The van der Waals surface area contributed by atoms with E-state index >= 15 is 0 Å². The van der Waals surface area contributed by atoms with Gasteiger partial charge >= 0.3 is 6.09 Å². The van der Waals surface area contributed by atoms with Crippen LogP contribution in [0.4, 0.5) is 4.79 Å². The fourth-order valence-electron chi connectivity index (χ4n) is 4.13. The highest BCUT2D eigenvalue weighted by Gasteiger charge is 2.16. The molecule has 0 unspecified atom stereocenters. The Labute approximate surface area is 230 Å². The first-order chi connectivity index (χ1) is 18.8. The molecule has 2 N–H and O–H groups in total. The molecule has 4 rings (SSSR count).